The first-order valence-corrected chi connectivity index (χ1v) is 15.0. The van der Waals surface area contributed by atoms with E-state index in [4.69, 9.17) is 4.98 Å². The number of aromatic amines is 2. The molecule has 0 spiro atoms. The second-order valence-electron chi connectivity index (χ2n) is 11.7. The second kappa shape index (κ2) is 12.3. The number of pyridine rings is 2. The highest BCUT2D eigenvalue weighted by Crippen LogP contribution is 2.52. The van der Waals surface area contributed by atoms with Gasteiger partial charge in [0.25, 0.3) is 18.3 Å². The highest BCUT2D eigenvalue weighted by molar-refractivity contribution is 5.83. The van der Waals surface area contributed by atoms with E-state index in [-0.39, 0.29) is 33.7 Å². The topological polar surface area (TPSA) is 130 Å². The van der Waals surface area contributed by atoms with Crippen molar-refractivity contribution < 1.29 is 39.9 Å². The number of aromatic nitrogens is 8. The zero-order chi connectivity index (χ0) is 35.4. The maximum absolute atomic E-state index is 15.1. The summed E-state index contributed by atoms with van der Waals surface area (Å²) in [4.78, 5) is 25.7. The van der Waals surface area contributed by atoms with E-state index in [1.54, 1.807) is 30.5 Å². The second-order valence-corrected chi connectivity index (χ2v) is 11.7. The highest BCUT2D eigenvalue weighted by Gasteiger charge is 2.55. The normalized spacial score (nSPS) is 15.7. The van der Waals surface area contributed by atoms with Gasteiger partial charge >= 0.3 is 0 Å². The molecule has 10 nitrogen and oxygen atoms in total. The number of carbonyl (C=O) groups excluding carboxylic acids is 1. The Morgan fingerprint density at radius 1 is 0.940 bits per heavy atom. The van der Waals surface area contributed by atoms with E-state index in [0.29, 0.717) is 28.2 Å². The summed E-state index contributed by atoms with van der Waals surface area (Å²) in [6, 6.07) is 8.14. The van der Waals surface area contributed by atoms with Crippen LogP contribution in [0.25, 0.3) is 33.5 Å². The van der Waals surface area contributed by atoms with Gasteiger partial charge in [-0.25, -0.2) is 36.3 Å². The zero-order valence-corrected chi connectivity index (χ0v) is 25.4. The molecule has 0 saturated carbocycles. The number of nitrogens with one attached hydrogen (secondary N) is 3. The van der Waals surface area contributed by atoms with E-state index in [0.717, 1.165) is 12.1 Å². The predicted molar refractivity (Wildman–Crippen MR) is 160 cm³/mol. The van der Waals surface area contributed by atoms with Crippen LogP contribution in [0.1, 0.15) is 53.5 Å². The first-order valence-electron chi connectivity index (χ1n) is 15.0. The molecule has 0 saturated heterocycles. The Balaban J connectivity index is 1.33. The Morgan fingerprint density at radius 2 is 1.70 bits per heavy atom. The third kappa shape index (κ3) is 6.16. The number of amides is 1. The smallest absolute Gasteiger partial charge is 0.290 e. The van der Waals surface area contributed by atoms with Gasteiger partial charge in [0.1, 0.15) is 40.9 Å². The summed E-state index contributed by atoms with van der Waals surface area (Å²) in [6.07, 6.45) is -2.17. The number of rotatable bonds is 9. The molecule has 1 aliphatic rings. The van der Waals surface area contributed by atoms with Crippen LogP contribution in [0.3, 0.4) is 0 Å². The van der Waals surface area contributed by atoms with Gasteiger partial charge in [-0.15, -0.1) is 0 Å². The first kappa shape index (κ1) is 32.8. The molecule has 1 aromatic carbocycles. The van der Waals surface area contributed by atoms with Crippen molar-refractivity contribution in [2.24, 2.45) is 0 Å². The van der Waals surface area contributed by atoms with Crippen LogP contribution in [-0.4, -0.2) is 46.1 Å². The van der Waals surface area contributed by atoms with Gasteiger partial charge in [-0.1, -0.05) is 6.07 Å². The minimum absolute atomic E-state index is 0.0502. The average Bonchev–Trinajstić information content (AvgIpc) is 3.83. The van der Waals surface area contributed by atoms with Gasteiger partial charge in [-0.2, -0.15) is 29.3 Å². The Bertz CT molecular complexity index is 2190. The van der Waals surface area contributed by atoms with Gasteiger partial charge in [0.05, 0.1) is 29.2 Å². The number of nitrogens with zero attached hydrogens (tertiary/aromatic N) is 6. The van der Waals surface area contributed by atoms with Crippen LogP contribution in [0.2, 0.25) is 0 Å². The van der Waals surface area contributed by atoms with Crippen LogP contribution in [-0.2, 0) is 29.6 Å². The number of hydrogen-bond donors (Lipinski definition) is 3. The molecule has 7 rings (SSSR count). The number of H-pyrrole nitrogens is 2. The van der Waals surface area contributed by atoms with Crippen LogP contribution >= 0.6 is 0 Å². The Kier molecular flexibility index (Phi) is 8.10. The Hall–Kier alpha value is -5.68. The molecule has 0 aliphatic heterocycles. The number of carbonyl (C=O) groups is 1. The lowest BCUT2D eigenvalue weighted by atomic mass is 9.89. The summed E-state index contributed by atoms with van der Waals surface area (Å²) in [6.45, 7) is -1.18. The van der Waals surface area contributed by atoms with Crippen LogP contribution in [0.4, 0.5) is 35.1 Å². The minimum atomic E-state index is -4.05. The van der Waals surface area contributed by atoms with E-state index in [1.807, 2.05) is 0 Å². The molecular formula is C32H23F8N9O. The van der Waals surface area contributed by atoms with Crippen molar-refractivity contribution in [2.75, 3.05) is 0 Å². The van der Waals surface area contributed by atoms with E-state index in [2.05, 4.69) is 35.8 Å². The van der Waals surface area contributed by atoms with Crippen LogP contribution < -0.4 is 5.32 Å². The van der Waals surface area contributed by atoms with Gasteiger partial charge in [-0.3, -0.25) is 9.48 Å². The van der Waals surface area contributed by atoms with Crippen molar-refractivity contribution in [3.05, 3.63) is 101 Å². The third-order valence-electron chi connectivity index (χ3n) is 8.29. The number of fused-ring (bicyclic) bond motifs is 2. The van der Waals surface area contributed by atoms with Crippen molar-refractivity contribution in [1.29, 1.82) is 0 Å². The summed E-state index contributed by atoms with van der Waals surface area (Å²) >= 11 is 0. The number of benzene rings is 1. The summed E-state index contributed by atoms with van der Waals surface area (Å²) in [5, 5.41) is 16.9. The van der Waals surface area contributed by atoms with Gasteiger partial charge in [0, 0.05) is 47.8 Å². The molecule has 1 atom stereocenters. The number of alkyl halides is 6. The zero-order valence-electron chi connectivity index (χ0n) is 25.4. The fourth-order valence-corrected chi connectivity index (χ4v) is 6.13. The average molecular weight is 702 g/mol. The lowest BCUT2D eigenvalue weighted by Gasteiger charge is -2.29. The SMILES string of the molecule is O=C(Cn1nc(C(F)F)c2c1C(F)(F)CCC2(F)F)NC(Cc1cc(F)cc(F)c1)c1nc(-c2cn[nH]n2)ccc1-c1cnc2[nH]ccc2c1. The minimum Gasteiger partial charge on any atom is -0.346 e. The van der Waals surface area contributed by atoms with Crippen molar-refractivity contribution in [2.45, 2.75) is 50.1 Å². The third-order valence-corrected chi connectivity index (χ3v) is 8.29. The Morgan fingerprint density at radius 3 is 2.42 bits per heavy atom. The molecule has 1 amide bonds. The van der Waals surface area contributed by atoms with E-state index < -0.39 is 78.2 Å². The molecule has 6 aromatic rings. The molecule has 0 fully saturated rings. The molecule has 3 N–H and O–H groups in total. The predicted octanol–water partition coefficient (Wildman–Crippen LogP) is 6.90. The largest absolute Gasteiger partial charge is 0.346 e. The maximum atomic E-state index is 15.1. The van der Waals surface area contributed by atoms with Gasteiger partial charge in [0.15, 0.2) is 0 Å². The van der Waals surface area contributed by atoms with Gasteiger partial charge in [0.2, 0.25) is 5.91 Å². The number of halogens is 8. The molecule has 0 radical (unpaired) electrons. The molecule has 18 heteroatoms. The fraction of sp³-hybridized carbons (Fsp3) is 0.250. The molecule has 1 aliphatic carbocycles. The van der Waals surface area contributed by atoms with Crippen LogP contribution in [0, 0.1) is 11.6 Å². The van der Waals surface area contributed by atoms with Crippen LogP contribution in [0.5, 0.6) is 0 Å². The van der Waals surface area contributed by atoms with Gasteiger partial charge < -0.3 is 10.3 Å². The van der Waals surface area contributed by atoms with Gasteiger partial charge in [-0.05, 0) is 42.3 Å². The molecule has 1 unspecified atom stereocenters. The quantitative estimate of drug-likeness (QED) is 0.141. The maximum Gasteiger partial charge on any atom is 0.290 e. The van der Waals surface area contributed by atoms with Crippen molar-refractivity contribution >= 4 is 16.9 Å². The molecular weight excluding hydrogens is 678 g/mol. The summed E-state index contributed by atoms with van der Waals surface area (Å²) < 4.78 is 116. The van der Waals surface area contributed by atoms with E-state index in [1.165, 1.54) is 12.4 Å². The summed E-state index contributed by atoms with van der Waals surface area (Å²) in [5.74, 6) is -11.0. The molecule has 0 bridgehead atoms. The lowest BCUT2D eigenvalue weighted by molar-refractivity contribution is -0.123. The van der Waals surface area contributed by atoms with Crippen molar-refractivity contribution in [3.63, 3.8) is 0 Å². The van der Waals surface area contributed by atoms with E-state index in [9.17, 15) is 31.1 Å². The lowest BCUT2D eigenvalue weighted by Crippen LogP contribution is -2.37. The standard InChI is InChI=1S/C32H23F8N9O/c33-18-7-15(8-19(34)11-18)9-22(44-24(50)14-49-28-25(27(47-49)29(35)36)31(37,38)4-5-32(28,39)40)26-20(1-2-21(45-26)23-13-43-48-46-23)17-10-16-3-6-41-30(16)42-12-17/h1-3,6-8,10-13,22,29H,4-5,9,14H2,(H,41,42)(H,44,50)(H,43,46,48). The fourth-order valence-electron chi connectivity index (χ4n) is 6.13. The molecule has 50 heavy (non-hydrogen) atoms. The van der Waals surface area contributed by atoms with E-state index >= 15 is 8.78 Å². The Labute approximate surface area is 275 Å². The van der Waals surface area contributed by atoms with Crippen molar-refractivity contribution in [3.8, 4) is 22.5 Å². The van der Waals surface area contributed by atoms with Crippen molar-refractivity contribution in [1.82, 2.24) is 45.5 Å². The first-order chi connectivity index (χ1) is 23.8. The summed E-state index contributed by atoms with van der Waals surface area (Å²) in [7, 11) is 0. The van der Waals surface area contributed by atoms with Crippen LogP contribution in [0.15, 0.2) is 61.1 Å². The molecule has 5 heterocycles. The monoisotopic (exact) mass is 701 g/mol. The molecule has 5 aromatic heterocycles. The number of hydrogen-bond acceptors (Lipinski definition) is 6. The summed E-state index contributed by atoms with van der Waals surface area (Å²) in [5.41, 5.74) is -2.51. The molecule has 258 valence electrons. The highest BCUT2D eigenvalue weighted by atomic mass is 19.3.